The van der Waals surface area contributed by atoms with Crippen LogP contribution in [0.5, 0.6) is 0 Å². The summed E-state index contributed by atoms with van der Waals surface area (Å²) >= 11 is 0. The van der Waals surface area contributed by atoms with E-state index in [1.54, 1.807) is 7.05 Å². The minimum Gasteiger partial charge on any atom is -0.330 e. The highest BCUT2D eigenvalue weighted by Gasteiger charge is 2.21. The van der Waals surface area contributed by atoms with E-state index in [1.807, 2.05) is 37.3 Å². The second kappa shape index (κ2) is 6.87. The number of rotatable bonds is 7. The molecule has 2 N–H and O–H groups in total. The van der Waals surface area contributed by atoms with Crippen LogP contribution in [0, 0.1) is 0 Å². The normalized spacial score (nSPS) is 13.8. The first-order valence-electron chi connectivity index (χ1n) is 6.16. The van der Waals surface area contributed by atoms with Crippen LogP contribution in [0.3, 0.4) is 0 Å². The number of hydrogen-bond donors (Lipinski definition) is 1. The van der Waals surface area contributed by atoms with E-state index >= 15 is 0 Å². The predicted molar refractivity (Wildman–Crippen MR) is 74.9 cm³/mol. The smallest absolute Gasteiger partial charge is 0.214 e. The molecular weight excluding hydrogens is 248 g/mol. The van der Waals surface area contributed by atoms with Crippen LogP contribution >= 0.6 is 0 Å². The Kier molecular flexibility index (Phi) is 5.78. The van der Waals surface area contributed by atoms with Gasteiger partial charge in [0.2, 0.25) is 10.0 Å². The third-order valence-corrected chi connectivity index (χ3v) is 5.03. The van der Waals surface area contributed by atoms with Gasteiger partial charge in [0.25, 0.3) is 0 Å². The van der Waals surface area contributed by atoms with Gasteiger partial charge in [0, 0.05) is 13.6 Å². The van der Waals surface area contributed by atoms with Gasteiger partial charge >= 0.3 is 0 Å². The number of benzene rings is 1. The second-order valence-corrected chi connectivity index (χ2v) is 6.67. The summed E-state index contributed by atoms with van der Waals surface area (Å²) in [6, 6.07) is 9.70. The lowest BCUT2D eigenvalue weighted by Gasteiger charge is -2.19. The van der Waals surface area contributed by atoms with E-state index in [-0.39, 0.29) is 11.7 Å². The second-order valence-electron chi connectivity index (χ2n) is 4.55. The van der Waals surface area contributed by atoms with Crippen molar-refractivity contribution in [3.63, 3.8) is 0 Å². The zero-order valence-electron chi connectivity index (χ0n) is 11.0. The third kappa shape index (κ3) is 4.40. The van der Waals surface area contributed by atoms with Gasteiger partial charge in [-0.3, -0.25) is 0 Å². The highest BCUT2D eigenvalue weighted by atomic mass is 32.2. The Balaban J connectivity index is 2.65. The van der Waals surface area contributed by atoms with Gasteiger partial charge in [0.1, 0.15) is 0 Å². The molecule has 0 amide bonds. The Bertz CT molecular complexity index is 445. The minimum atomic E-state index is -3.20. The van der Waals surface area contributed by atoms with Crippen LogP contribution in [-0.2, 0) is 10.0 Å². The number of sulfonamides is 1. The van der Waals surface area contributed by atoms with E-state index in [0.717, 1.165) is 5.56 Å². The molecule has 0 saturated heterocycles. The standard InChI is InChI=1S/C13H22N2O2S/c1-12(13-7-4-3-5-8-13)11-18(16,17)15(2)10-6-9-14/h3-5,7-8,12H,6,9-11,14H2,1-2H3. The summed E-state index contributed by atoms with van der Waals surface area (Å²) in [5.41, 5.74) is 6.44. The molecule has 0 fully saturated rings. The van der Waals surface area contributed by atoms with Crippen LogP contribution in [0.25, 0.3) is 0 Å². The quantitative estimate of drug-likeness (QED) is 0.814. The molecule has 0 aliphatic rings. The van der Waals surface area contributed by atoms with Crippen LogP contribution in [0.1, 0.15) is 24.8 Å². The SMILES string of the molecule is CC(CS(=O)(=O)N(C)CCCN)c1ccccc1. The lowest BCUT2D eigenvalue weighted by molar-refractivity contribution is 0.461. The maximum absolute atomic E-state index is 12.1. The molecule has 1 unspecified atom stereocenters. The van der Waals surface area contributed by atoms with Crippen LogP contribution in [0.4, 0.5) is 0 Å². The largest absolute Gasteiger partial charge is 0.330 e. The van der Waals surface area contributed by atoms with Gasteiger partial charge in [-0.05, 0) is 24.4 Å². The van der Waals surface area contributed by atoms with E-state index in [0.29, 0.717) is 19.5 Å². The summed E-state index contributed by atoms with van der Waals surface area (Å²) in [7, 11) is -1.59. The zero-order valence-corrected chi connectivity index (χ0v) is 11.9. The maximum atomic E-state index is 12.1. The zero-order chi connectivity index (χ0) is 13.6. The molecule has 0 radical (unpaired) electrons. The monoisotopic (exact) mass is 270 g/mol. The molecule has 0 saturated carbocycles. The highest BCUT2D eigenvalue weighted by molar-refractivity contribution is 7.89. The van der Waals surface area contributed by atoms with Crippen LogP contribution in [0.15, 0.2) is 30.3 Å². The molecular formula is C13H22N2O2S. The van der Waals surface area contributed by atoms with Crippen molar-refractivity contribution < 1.29 is 8.42 Å². The van der Waals surface area contributed by atoms with E-state index in [1.165, 1.54) is 4.31 Å². The van der Waals surface area contributed by atoms with E-state index in [4.69, 9.17) is 5.73 Å². The van der Waals surface area contributed by atoms with Crippen LogP contribution in [0.2, 0.25) is 0 Å². The molecule has 18 heavy (non-hydrogen) atoms. The molecule has 0 aliphatic heterocycles. The van der Waals surface area contributed by atoms with Crippen molar-refractivity contribution in [2.75, 3.05) is 25.9 Å². The van der Waals surface area contributed by atoms with Gasteiger partial charge in [0.15, 0.2) is 0 Å². The average molecular weight is 270 g/mol. The van der Waals surface area contributed by atoms with Crippen molar-refractivity contribution >= 4 is 10.0 Å². The van der Waals surface area contributed by atoms with Gasteiger partial charge in [-0.2, -0.15) is 0 Å². The van der Waals surface area contributed by atoms with Crippen LogP contribution in [-0.4, -0.2) is 38.6 Å². The van der Waals surface area contributed by atoms with Gasteiger partial charge in [0.05, 0.1) is 5.75 Å². The van der Waals surface area contributed by atoms with Gasteiger partial charge in [-0.15, -0.1) is 0 Å². The topological polar surface area (TPSA) is 63.4 Å². The first kappa shape index (κ1) is 15.1. The summed E-state index contributed by atoms with van der Waals surface area (Å²) < 4.78 is 25.6. The fourth-order valence-electron chi connectivity index (χ4n) is 1.77. The van der Waals surface area contributed by atoms with E-state index in [9.17, 15) is 8.42 Å². The molecule has 0 bridgehead atoms. The average Bonchev–Trinajstić information content (AvgIpc) is 2.36. The third-order valence-electron chi connectivity index (χ3n) is 2.98. The molecule has 102 valence electrons. The Morgan fingerprint density at radius 2 is 1.89 bits per heavy atom. The molecule has 0 aromatic heterocycles. The van der Waals surface area contributed by atoms with E-state index in [2.05, 4.69) is 0 Å². The molecule has 0 aliphatic carbocycles. The fourth-order valence-corrected chi connectivity index (χ4v) is 3.26. The highest BCUT2D eigenvalue weighted by Crippen LogP contribution is 2.18. The summed E-state index contributed by atoms with van der Waals surface area (Å²) in [5, 5.41) is 0. The lowest BCUT2D eigenvalue weighted by atomic mass is 10.0. The molecule has 1 aromatic rings. The minimum absolute atomic E-state index is 0.00322. The predicted octanol–water partition coefficient (Wildman–Crippen LogP) is 1.40. The van der Waals surface area contributed by atoms with Crippen molar-refractivity contribution in [2.24, 2.45) is 5.73 Å². The van der Waals surface area contributed by atoms with Crippen molar-refractivity contribution in [2.45, 2.75) is 19.3 Å². The summed E-state index contributed by atoms with van der Waals surface area (Å²) in [5.74, 6) is 0.134. The molecule has 0 spiro atoms. The van der Waals surface area contributed by atoms with Crippen LogP contribution < -0.4 is 5.73 Å². The Morgan fingerprint density at radius 3 is 2.44 bits per heavy atom. The number of hydrogen-bond acceptors (Lipinski definition) is 3. The summed E-state index contributed by atoms with van der Waals surface area (Å²) in [6.45, 7) is 2.93. The summed E-state index contributed by atoms with van der Waals surface area (Å²) in [6.07, 6.45) is 0.690. The summed E-state index contributed by atoms with van der Waals surface area (Å²) in [4.78, 5) is 0. The first-order chi connectivity index (χ1) is 8.47. The Labute approximate surface area is 110 Å². The van der Waals surface area contributed by atoms with Crippen molar-refractivity contribution in [1.29, 1.82) is 0 Å². The number of nitrogens with zero attached hydrogens (tertiary/aromatic N) is 1. The molecule has 1 aromatic carbocycles. The maximum Gasteiger partial charge on any atom is 0.214 e. The number of nitrogens with two attached hydrogens (primary N) is 1. The van der Waals surface area contributed by atoms with Gasteiger partial charge in [-0.25, -0.2) is 12.7 Å². The lowest BCUT2D eigenvalue weighted by Crippen LogP contribution is -2.32. The Morgan fingerprint density at radius 1 is 1.28 bits per heavy atom. The molecule has 1 atom stereocenters. The molecule has 5 heteroatoms. The van der Waals surface area contributed by atoms with Crippen molar-refractivity contribution in [3.8, 4) is 0 Å². The first-order valence-corrected chi connectivity index (χ1v) is 7.77. The molecule has 1 rings (SSSR count). The van der Waals surface area contributed by atoms with Gasteiger partial charge < -0.3 is 5.73 Å². The fraction of sp³-hybridized carbons (Fsp3) is 0.538. The van der Waals surface area contributed by atoms with Crippen molar-refractivity contribution in [3.05, 3.63) is 35.9 Å². The van der Waals surface area contributed by atoms with Crippen molar-refractivity contribution in [1.82, 2.24) is 4.31 Å². The van der Waals surface area contributed by atoms with E-state index < -0.39 is 10.0 Å². The van der Waals surface area contributed by atoms with Gasteiger partial charge in [-0.1, -0.05) is 37.3 Å². The Hall–Kier alpha value is -0.910. The molecule has 4 nitrogen and oxygen atoms in total. The molecule has 0 heterocycles.